The van der Waals surface area contributed by atoms with Crippen LogP contribution in [-0.2, 0) is 17.8 Å². The van der Waals surface area contributed by atoms with Crippen LogP contribution in [0, 0.1) is 0 Å². The third-order valence-corrected chi connectivity index (χ3v) is 5.49. The van der Waals surface area contributed by atoms with Crippen molar-refractivity contribution in [3.63, 3.8) is 0 Å². The lowest BCUT2D eigenvalue weighted by Crippen LogP contribution is -2.26. The summed E-state index contributed by atoms with van der Waals surface area (Å²) in [6, 6.07) is 18.0. The van der Waals surface area contributed by atoms with Crippen LogP contribution in [0.25, 0.3) is 11.4 Å². The lowest BCUT2D eigenvalue weighted by molar-refractivity contribution is -0.118. The Morgan fingerprint density at radius 2 is 1.86 bits per heavy atom. The van der Waals surface area contributed by atoms with Gasteiger partial charge in [-0.3, -0.25) is 4.79 Å². The number of thioether (sulfide) groups is 1. The zero-order chi connectivity index (χ0) is 20.5. The molecule has 152 valence electrons. The third kappa shape index (κ3) is 5.84. The number of methoxy groups -OCH3 is 1. The number of aromatic nitrogens is 3. The van der Waals surface area contributed by atoms with Crippen molar-refractivity contribution in [2.24, 2.45) is 0 Å². The predicted molar refractivity (Wildman–Crippen MR) is 116 cm³/mol. The normalized spacial score (nSPS) is 10.7. The maximum atomic E-state index is 12.2. The van der Waals surface area contributed by atoms with Crippen molar-refractivity contribution < 1.29 is 9.53 Å². The van der Waals surface area contributed by atoms with E-state index in [4.69, 9.17) is 4.74 Å². The predicted octanol–water partition coefficient (Wildman–Crippen LogP) is 3.81. The monoisotopic (exact) mass is 410 g/mol. The molecule has 7 heteroatoms. The molecular formula is C22H26N4O2S. The first kappa shape index (κ1) is 20.9. The van der Waals surface area contributed by atoms with E-state index in [1.54, 1.807) is 7.11 Å². The van der Waals surface area contributed by atoms with E-state index >= 15 is 0 Å². The van der Waals surface area contributed by atoms with Gasteiger partial charge in [0.15, 0.2) is 11.0 Å². The minimum Gasteiger partial charge on any atom is -0.497 e. The number of amides is 1. The molecule has 0 atom stereocenters. The Hall–Kier alpha value is -2.80. The maximum Gasteiger partial charge on any atom is 0.230 e. The van der Waals surface area contributed by atoms with Crippen LogP contribution in [0.15, 0.2) is 59.8 Å². The van der Waals surface area contributed by atoms with Crippen molar-refractivity contribution >= 4 is 17.7 Å². The van der Waals surface area contributed by atoms with E-state index in [-0.39, 0.29) is 5.91 Å². The van der Waals surface area contributed by atoms with E-state index in [0.717, 1.165) is 41.7 Å². The van der Waals surface area contributed by atoms with Crippen molar-refractivity contribution in [3.05, 3.63) is 60.2 Å². The molecule has 29 heavy (non-hydrogen) atoms. The fourth-order valence-corrected chi connectivity index (χ4v) is 3.81. The molecule has 0 aliphatic carbocycles. The second-order valence-corrected chi connectivity index (χ2v) is 7.45. The Morgan fingerprint density at radius 1 is 1.10 bits per heavy atom. The Morgan fingerprint density at radius 3 is 2.55 bits per heavy atom. The van der Waals surface area contributed by atoms with E-state index in [9.17, 15) is 4.79 Å². The van der Waals surface area contributed by atoms with Gasteiger partial charge in [0.1, 0.15) is 5.75 Å². The van der Waals surface area contributed by atoms with Crippen LogP contribution in [-0.4, -0.2) is 40.1 Å². The number of rotatable bonds is 10. The van der Waals surface area contributed by atoms with Crippen molar-refractivity contribution in [3.8, 4) is 17.1 Å². The molecule has 3 aromatic rings. The van der Waals surface area contributed by atoms with E-state index in [2.05, 4.69) is 27.6 Å². The molecule has 0 radical (unpaired) electrons. The minimum atomic E-state index is 0.0136. The van der Waals surface area contributed by atoms with Crippen molar-refractivity contribution in [1.29, 1.82) is 0 Å². The zero-order valence-electron chi connectivity index (χ0n) is 16.8. The van der Waals surface area contributed by atoms with Gasteiger partial charge in [0, 0.05) is 18.7 Å². The van der Waals surface area contributed by atoms with Gasteiger partial charge in [0.2, 0.25) is 5.91 Å². The van der Waals surface area contributed by atoms with Crippen molar-refractivity contribution in [2.75, 3.05) is 19.4 Å². The molecule has 0 spiro atoms. The van der Waals surface area contributed by atoms with Crippen molar-refractivity contribution in [2.45, 2.75) is 31.5 Å². The molecule has 1 heterocycles. The maximum absolute atomic E-state index is 12.2. The van der Waals surface area contributed by atoms with E-state index in [1.165, 1.54) is 17.3 Å². The van der Waals surface area contributed by atoms with Crippen LogP contribution in [0.2, 0.25) is 0 Å². The number of carbonyl (C=O) groups excluding carboxylic acids is 1. The fraction of sp³-hybridized carbons (Fsp3) is 0.318. The number of carbonyl (C=O) groups is 1. The highest BCUT2D eigenvalue weighted by atomic mass is 32.2. The van der Waals surface area contributed by atoms with Gasteiger partial charge in [-0.1, -0.05) is 42.1 Å². The second kappa shape index (κ2) is 10.7. The summed E-state index contributed by atoms with van der Waals surface area (Å²) in [5, 5.41) is 12.3. The van der Waals surface area contributed by atoms with Crippen LogP contribution < -0.4 is 10.1 Å². The topological polar surface area (TPSA) is 69.0 Å². The van der Waals surface area contributed by atoms with Gasteiger partial charge < -0.3 is 14.6 Å². The van der Waals surface area contributed by atoms with E-state index < -0.39 is 0 Å². The van der Waals surface area contributed by atoms with Gasteiger partial charge in [-0.05, 0) is 49.6 Å². The average Bonchev–Trinajstić information content (AvgIpc) is 3.19. The summed E-state index contributed by atoms with van der Waals surface area (Å²) in [7, 11) is 1.64. The number of hydrogen-bond donors (Lipinski definition) is 1. The second-order valence-electron chi connectivity index (χ2n) is 6.51. The third-order valence-electron chi connectivity index (χ3n) is 4.52. The molecule has 2 aromatic carbocycles. The Labute approximate surface area is 175 Å². The van der Waals surface area contributed by atoms with Gasteiger partial charge in [-0.2, -0.15) is 0 Å². The summed E-state index contributed by atoms with van der Waals surface area (Å²) < 4.78 is 7.23. The van der Waals surface area contributed by atoms with Gasteiger partial charge in [0.25, 0.3) is 0 Å². The Balaban J connectivity index is 1.49. The number of benzene rings is 2. The van der Waals surface area contributed by atoms with E-state index in [0.29, 0.717) is 12.3 Å². The summed E-state index contributed by atoms with van der Waals surface area (Å²) in [5.41, 5.74) is 2.26. The Bertz CT molecular complexity index is 910. The minimum absolute atomic E-state index is 0.0136. The molecule has 6 nitrogen and oxygen atoms in total. The molecule has 3 rings (SSSR count). The number of aryl methyl sites for hydroxylation is 1. The van der Waals surface area contributed by atoms with Gasteiger partial charge in [-0.25, -0.2) is 0 Å². The van der Waals surface area contributed by atoms with Crippen molar-refractivity contribution in [1.82, 2.24) is 20.1 Å². The number of ether oxygens (including phenoxy) is 1. The smallest absolute Gasteiger partial charge is 0.230 e. The van der Waals surface area contributed by atoms with Crippen LogP contribution in [0.1, 0.15) is 18.9 Å². The quantitative estimate of drug-likeness (QED) is 0.407. The standard InChI is InChI=1S/C22H26N4O2S/c1-3-26-21(18-11-13-19(28-2)14-12-18)24-25-22(26)29-16-20(27)23-15-7-10-17-8-5-4-6-9-17/h4-6,8-9,11-14H,3,7,10,15-16H2,1-2H3,(H,23,27). The van der Waals surface area contributed by atoms with Crippen LogP contribution in [0.3, 0.4) is 0 Å². The molecule has 0 aliphatic heterocycles. The first-order valence-corrected chi connectivity index (χ1v) is 10.7. The Kier molecular flexibility index (Phi) is 7.69. The molecule has 0 saturated carbocycles. The zero-order valence-corrected chi connectivity index (χ0v) is 17.6. The molecule has 0 unspecified atom stereocenters. The highest BCUT2D eigenvalue weighted by molar-refractivity contribution is 7.99. The largest absolute Gasteiger partial charge is 0.497 e. The van der Waals surface area contributed by atoms with Gasteiger partial charge in [0.05, 0.1) is 12.9 Å². The number of nitrogens with zero attached hydrogens (tertiary/aromatic N) is 3. The SMILES string of the molecule is CCn1c(SCC(=O)NCCCc2ccccc2)nnc1-c1ccc(OC)cc1. The molecule has 0 fully saturated rings. The summed E-state index contributed by atoms with van der Waals surface area (Å²) in [5.74, 6) is 1.93. The van der Waals surface area contributed by atoms with Crippen LogP contribution in [0.4, 0.5) is 0 Å². The van der Waals surface area contributed by atoms with E-state index in [1.807, 2.05) is 54.0 Å². The number of hydrogen-bond acceptors (Lipinski definition) is 5. The molecule has 1 N–H and O–H groups in total. The average molecular weight is 411 g/mol. The summed E-state index contributed by atoms with van der Waals surface area (Å²) in [4.78, 5) is 12.2. The molecule has 0 bridgehead atoms. The van der Waals surface area contributed by atoms with Crippen LogP contribution >= 0.6 is 11.8 Å². The number of nitrogens with one attached hydrogen (secondary N) is 1. The van der Waals surface area contributed by atoms with Crippen LogP contribution in [0.5, 0.6) is 5.75 Å². The summed E-state index contributed by atoms with van der Waals surface area (Å²) >= 11 is 1.41. The molecule has 0 saturated heterocycles. The summed E-state index contributed by atoms with van der Waals surface area (Å²) in [6.45, 7) is 3.45. The molecule has 1 amide bonds. The fourth-order valence-electron chi connectivity index (χ4n) is 2.98. The highest BCUT2D eigenvalue weighted by Crippen LogP contribution is 2.25. The molecule has 0 aliphatic rings. The highest BCUT2D eigenvalue weighted by Gasteiger charge is 2.14. The first-order valence-electron chi connectivity index (χ1n) is 9.72. The lowest BCUT2D eigenvalue weighted by atomic mass is 10.1. The van der Waals surface area contributed by atoms with Gasteiger partial charge >= 0.3 is 0 Å². The lowest BCUT2D eigenvalue weighted by Gasteiger charge is -2.08. The molecular weight excluding hydrogens is 384 g/mol. The first-order chi connectivity index (χ1) is 14.2. The summed E-state index contributed by atoms with van der Waals surface area (Å²) in [6.07, 6.45) is 1.89. The molecule has 1 aromatic heterocycles. The van der Waals surface area contributed by atoms with Gasteiger partial charge in [-0.15, -0.1) is 10.2 Å².